The number of fused-ring (bicyclic) bond motifs is 2. The first kappa shape index (κ1) is 14.5. The van der Waals surface area contributed by atoms with Crippen LogP contribution in [0.25, 0.3) is 16.0 Å². The summed E-state index contributed by atoms with van der Waals surface area (Å²) >= 11 is 3.30. The molecule has 4 rings (SSSR count). The third-order valence-electron chi connectivity index (χ3n) is 3.66. The summed E-state index contributed by atoms with van der Waals surface area (Å²) in [6.45, 7) is 8.13. The molecule has 116 valence electrons. The second-order valence-electron chi connectivity index (χ2n) is 5.35. The van der Waals surface area contributed by atoms with E-state index in [1.807, 2.05) is 19.9 Å². The predicted octanol–water partition coefficient (Wildman–Crippen LogP) is 3.51. The van der Waals surface area contributed by atoms with Gasteiger partial charge in [-0.1, -0.05) is 0 Å². The summed E-state index contributed by atoms with van der Waals surface area (Å²) in [4.78, 5) is 20.1. The van der Waals surface area contributed by atoms with Crippen molar-refractivity contribution >= 4 is 39.1 Å². The third kappa shape index (κ3) is 2.38. The van der Waals surface area contributed by atoms with E-state index < -0.39 is 0 Å². The first-order valence-electron chi connectivity index (χ1n) is 7.12. The standard InChI is InChI=1S/C15H14N6S2/c1-7-5-11(21-15(18-7)16-6-17-21)23-14-12-8(2)9(3)22-13(12)19-10(4)20-14/h5-6H,1-4H3. The van der Waals surface area contributed by atoms with Crippen LogP contribution in [0.1, 0.15) is 22.0 Å². The minimum atomic E-state index is 0.604. The summed E-state index contributed by atoms with van der Waals surface area (Å²) in [5, 5.41) is 7.30. The summed E-state index contributed by atoms with van der Waals surface area (Å²) in [6, 6.07) is 2.00. The lowest BCUT2D eigenvalue weighted by molar-refractivity contribution is 0.832. The molecule has 0 aliphatic carbocycles. The topological polar surface area (TPSA) is 68.9 Å². The van der Waals surface area contributed by atoms with E-state index in [4.69, 9.17) is 0 Å². The minimum absolute atomic E-state index is 0.604. The number of aryl methyl sites for hydroxylation is 4. The summed E-state index contributed by atoms with van der Waals surface area (Å²) in [5.74, 6) is 1.38. The van der Waals surface area contributed by atoms with Gasteiger partial charge in [-0.25, -0.2) is 15.0 Å². The summed E-state index contributed by atoms with van der Waals surface area (Å²) in [5.41, 5.74) is 2.15. The van der Waals surface area contributed by atoms with E-state index in [2.05, 4.69) is 38.9 Å². The summed E-state index contributed by atoms with van der Waals surface area (Å²) in [6.07, 6.45) is 1.52. The fraction of sp³-hybridized carbons (Fsp3) is 0.267. The second-order valence-corrected chi connectivity index (χ2v) is 7.56. The number of aromatic nitrogens is 6. The zero-order chi connectivity index (χ0) is 16.1. The van der Waals surface area contributed by atoms with Crippen molar-refractivity contribution in [1.82, 2.24) is 29.5 Å². The fourth-order valence-electron chi connectivity index (χ4n) is 2.46. The number of hydrogen-bond donors (Lipinski definition) is 0. The SMILES string of the molecule is Cc1cc(Sc2nc(C)nc3sc(C)c(C)c23)n2ncnc2n1. The molecule has 0 atom stereocenters. The average molecular weight is 342 g/mol. The van der Waals surface area contributed by atoms with Gasteiger partial charge in [-0.3, -0.25) is 0 Å². The molecule has 0 spiro atoms. The van der Waals surface area contributed by atoms with Crippen LogP contribution in [-0.4, -0.2) is 29.5 Å². The highest BCUT2D eigenvalue weighted by atomic mass is 32.2. The first-order valence-corrected chi connectivity index (χ1v) is 8.76. The Hall–Kier alpha value is -2.06. The van der Waals surface area contributed by atoms with Crippen LogP contribution in [0.3, 0.4) is 0 Å². The van der Waals surface area contributed by atoms with Gasteiger partial charge in [0.25, 0.3) is 5.78 Å². The molecule has 23 heavy (non-hydrogen) atoms. The zero-order valence-corrected chi connectivity index (χ0v) is 14.8. The van der Waals surface area contributed by atoms with Crippen molar-refractivity contribution in [1.29, 1.82) is 0 Å². The molecule has 0 radical (unpaired) electrons. The lowest BCUT2D eigenvalue weighted by Crippen LogP contribution is -1.98. The van der Waals surface area contributed by atoms with Gasteiger partial charge in [0, 0.05) is 16.0 Å². The Labute approximate surface area is 141 Å². The predicted molar refractivity (Wildman–Crippen MR) is 91.3 cm³/mol. The van der Waals surface area contributed by atoms with E-state index in [0.717, 1.165) is 31.8 Å². The van der Waals surface area contributed by atoms with Gasteiger partial charge in [0.1, 0.15) is 27.0 Å². The van der Waals surface area contributed by atoms with Crippen molar-refractivity contribution < 1.29 is 0 Å². The van der Waals surface area contributed by atoms with Crippen LogP contribution < -0.4 is 0 Å². The van der Waals surface area contributed by atoms with Crippen LogP contribution in [0, 0.1) is 27.7 Å². The van der Waals surface area contributed by atoms with Gasteiger partial charge >= 0.3 is 0 Å². The Kier molecular flexibility index (Phi) is 3.31. The molecule has 0 aromatic carbocycles. The monoisotopic (exact) mass is 342 g/mol. The maximum absolute atomic E-state index is 4.67. The van der Waals surface area contributed by atoms with E-state index in [9.17, 15) is 0 Å². The Morgan fingerprint density at radius 3 is 2.74 bits per heavy atom. The molecule has 0 aliphatic heterocycles. The van der Waals surface area contributed by atoms with Crippen LogP contribution in [0.2, 0.25) is 0 Å². The Balaban J connectivity index is 1.94. The molecule has 4 heterocycles. The average Bonchev–Trinajstić information content (AvgIpc) is 3.04. The molecular weight excluding hydrogens is 328 g/mol. The van der Waals surface area contributed by atoms with Crippen LogP contribution in [0.4, 0.5) is 0 Å². The van der Waals surface area contributed by atoms with Crippen LogP contribution in [-0.2, 0) is 0 Å². The van der Waals surface area contributed by atoms with Crippen molar-refractivity contribution in [2.45, 2.75) is 37.7 Å². The first-order chi connectivity index (χ1) is 11.0. The molecule has 0 fully saturated rings. The highest BCUT2D eigenvalue weighted by molar-refractivity contribution is 7.99. The molecule has 6 nitrogen and oxygen atoms in total. The number of hydrogen-bond acceptors (Lipinski definition) is 7. The van der Waals surface area contributed by atoms with Crippen molar-refractivity contribution in [2.75, 3.05) is 0 Å². The van der Waals surface area contributed by atoms with Crippen LogP contribution in [0.15, 0.2) is 22.4 Å². The highest BCUT2D eigenvalue weighted by Crippen LogP contribution is 2.37. The zero-order valence-electron chi connectivity index (χ0n) is 13.2. The minimum Gasteiger partial charge on any atom is -0.226 e. The van der Waals surface area contributed by atoms with E-state index >= 15 is 0 Å². The highest BCUT2D eigenvalue weighted by Gasteiger charge is 2.16. The molecule has 0 aliphatic rings. The Morgan fingerprint density at radius 1 is 1.09 bits per heavy atom. The fourth-order valence-corrected chi connectivity index (χ4v) is 4.77. The number of thiophene rings is 1. The molecule has 0 bridgehead atoms. The molecule has 0 saturated carbocycles. The van der Waals surface area contributed by atoms with E-state index in [0.29, 0.717) is 5.78 Å². The molecule has 4 aromatic rings. The molecule has 8 heteroatoms. The van der Waals surface area contributed by atoms with Crippen LogP contribution in [0.5, 0.6) is 0 Å². The molecule has 0 amide bonds. The lowest BCUT2D eigenvalue weighted by Gasteiger charge is -2.07. The Bertz CT molecular complexity index is 1050. The molecule has 0 saturated heterocycles. The second kappa shape index (κ2) is 5.24. The molecular formula is C15H14N6S2. The summed E-state index contributed by atoms with van der Waals surface area (Å²) < 4.78 is 1.75. The molecule has 4 aromatic heterocycles. The van der Waals surface area contributed by atoms with Gasteiger partial charge in [-0.2, -0.15) is 14.6 Å². The van der Waals surface area contributed by atoms with Crippen molar-refractivity contribution in [3.05, 3.63) is 34.4 Å². The lowest BCUT2D eigenvalue weighted by atomic mass is 10.2. The Morgan fingerprint density at radius 2 is 1.91 bits per heavy atom. The largest absolute Gasteiger partial charge is 0.253 e. The van der Waals surface area contributed by atoms with Gasteiger partial charge in [0.15, 0.2) is 0 Å². The smallest absolute Gasteiger partial charge is 0.226 e. The van der Waals surface area contributed by atoms with Gasteiger partial charge in [-0.05, 0) is 51.1 Å². The maximum atomic E-state index is 4.67. The van der Waals surface area contributed by atoms with Crippen LogP contribution >= 0.6 is 23.1 Å². The molecule has 0 unspecified atom stereocenters. The normalized spacial score (nSPS) is 11.7. The molecule has 0 N–H and O–H groups in total. The van der Waals surface area contributed by atoms with Gasteiger partial charge < -0.3 is 0 Å². The van der Waals surface area contributed by atoms with Crippen molar-refractivity contribution in [3.63, 3.8) is 0 Å². The number of nitrogens with zero attached hydrogens (tertiary/aromatic N) is 6. The van der Waals surface area contributed by atoms with Gasteiger partial charge in [0.05, 0.1) is 0 Å². The van der Waals surface area contributed by atoms with Gasteiger partial charge in [0.2, 0.25) is 0 Å². The van der Waals surface area contributed by atoms with E-state index in [1.54, 1.807) is 27.6 Å². The number of rotatable bonds is 2. The van der Waals surface area contributed by atoms with E-state index in [-0.39, 0.29) is 0 Å². The van der Waals surface area contributed by atoms with Crippen molar-refractivity contribution in [2.24, 2.45) is 0 Å². The quantitative estimate of drug-likeness (QED) is 0.519. The van der Waals surface area contributed by atoms with Gasteiger partial charge in [-0.15, -0.1) is 11.3 Å². The summed E-state index contributed by atoms with van der Waals surface area (Å²) in [7, 11) is 0. The van der Waals surface area contributed by atoms with Crippen molar-refractivity contribution in [3.8, 4) is 0 Å². The maximum Gasteiger partial charge on any atom is 0.253 e. The van der Waals surface area contributed by atoms with E-state index in [1.165, 1.54) is 16.8 Å². The third-order valence-corrected chi connectivity index (χ3v) is 5.75.